The molecule has 0 N–H and O–H groups in total. The maximum Gasteiger partial charge on any atom is 0.170 e. The summed E-state index contributed by atoms with van der Waals surface area (Å²) in [6, 6.07) is 6.39. The monoisotopic (exact) mass is 265 g/mol. The van der Waals surface area contributed by atoms with Crippen molar-refractivity contribution in [3.8, 4) is 6.07 Å². The van der Waals surface area contributed by atoms with E-state index in [-0.39, 0.29) is 5.56 Å². The van der Waals surface area contributed by atoms with Crippen molar-refractivity contribution in [3.63, 3.8) is 0 Å². The molecule has 0 fully saturated rings. The van der Waals surface area contributed by atoms with Gasteiger partial charge in [-0.15, -0.1) is 0 Å². The van der Waals surface area contributed by atoms with Crippen molar-refractivity contribution in [2.45, 2.75) is 17.0 Å². The Morgan fingerprint density at radius 1 is 1.53 bits per heavy atom. The van der Waals surface area contributed by atoms with Crippen molar-refractivity contribution < 1.29 is 4.39 Å². The third kappa shape index (κ3) is 3.02. The van der Waals surface area contributed by atoms with Crippen LogP contribution in [0.15, 0.2) is 22.5 Å². The van der Waals surface area contributed by atoms with Crippen LogP contribution in [-0.4, -0.2) is 9.36 Å². The van der Waals surface area contributed by atoms with Gasteiger partial charge in [0.2, 0.25) is 0 Å². The van der Waals surface area contributed by atoms with Gasteiger partial charge in [-0.2, -0.15) is 9.64 Å². The first-order chi connectivity index (χ1) is 8.19. The van der Waals surface area contributed by atoms with Crippen LogP contribution in [0.2, 0.25) is 0 Å². The zero-order valence-corrected chi connectivity index (χ0v) is 10.6. The fraction of sp³-hybridized carbons (Fsp3) is 0.182. The van der Waals surface area contributed by atoms with Crippen molar-refractivity contribution >= 4 is 23.3 Å². The van der Waals surface area contributed by atoms with E-state index >= 15 is 0 Å². The molecule has 0 aliphatic rings. The molecule has 0 aliphatic heterocycles. The Morgan fingerprint density at radius 3 is 3.00 bits per heavy atom. The third-order valence-corrected chi connectivity index (χ3v) is 4.02. The number of nitrogens with zero attached hydrogens (tertiary/aromatic N) is 3. The summed E-state index contributed by atoms with van der Waals surface area (Å²) >= 11 is 2.88. The maximum absolute atomic E-state index is 13.1. The Morgan fingerprint density at radius 2 is 2.35 bits per heavy atom. The van der Waals surface area contributed by atoms with Crippen LogP contribution >= 0.6 is 23.3 Å². The minimum atomic E-state index is -0.479. The number of hydrogen-bond acceptors (Lipinski definition) is 5. The number of rotatable bonds is 3. The van der Waals surface area contributed by atoms with Crippen LogP contribution in [0.1, 0.15) is 17.0 Å². The SMILES string of the molecule is Cc1nsc(SCc2ccc(F)c(C#N)c2)n1. The summed E-state index contributed by atoms with van der Waals surface area (Å²) in [6.07, 6.45) is 0. The average molecular weight is 265 g/mol. The minimum absolute atomic E-state index is 0.0801. The second-order valence-corrected chi connectivity index (χ2v) is 5.30. The Kier molecular flexibility index (Phi) is 3.71. The lowest BCUT2D eigenvalue weighted by atomic mass is 10.1. The van der Waals surface area contributed by atoms with Crippen LogP contribution in [0.3, 0.4) is 0 Å². The van der Waals surface area contributed by atoms with Crippen LogP contribution < -0.4 is 0 Å². The molecular formula is C11H8FN3S2. The van der Waals surface area contributed by atoms with Gasteiger partial charge in [-0.05, 0) is 36.2 Å². The van der Waals surface area contributed by atoms with E-state index in [1.165, 1.54) is 29.4 Å². The molecule has 0 amide bonds. The molecule has 0 unspecified atom stereocenters. The molecule has 17 heavy (non-hydrogen) atoms. The Bertz CT molecular complexity index is 574. The quantitative estimate of drug-likeness (QED) is 0.800. The van der Waals surface area contributed by atoms with Gasteiger partial charge in [-0.25, -0.2) is 9.37 Å². The molecule has 6 heteroatoms. The van der Waals surface area contributed by atoms with Gasteiger partial charge in [0.1, 0.15) is 17.7 Å². The number of hydrogen-bond donors (Lipinski definition) is 0. The fourth-order valence-electron chi connectivity index (χ4n) is 1.23. The van der Waals surface area contributed by atoms with Gasteiger partial charge in [0.05, 0.1) is 5.56 Å². The molecule has 0 spiro atoms. The van der Waals surface area contributed by atoms with E-state index in [1.807, 2.05) is 13.0 Å². The molecule has 2 rings (SSSR count). The van der Waals surface area contributed by atoms with E-state index in [0.29, 0.717) is 5.75 Å². The predicted molar refractivity (Wildman–Crippen MR) is 65.3 cm³/mol. The van der Waals surface area contributed by atoms with E-state index in [0.717, 1.165) is 15.7 Å². The van der Waals surface area contributed by atoms with E-state index in [9.17, 15) is 4.39 Å². The van der Waals surface area contributed by atoms with E-state index in [2.05, 4.69) is 9.36 Å². The van der Waals surface area contributed by atoms with Crippen LogP contribution in [0.4, 0.5) is 4.39 Å². The lowest BCUT2D eigenvalue weighted by Crippen LogP contribution is -1.87. The minimum Gasteiger partial charge on any atom is -0.213 e. The molecule has 86 valence electrons. The maximum atomic E-state index is 13.1. The van der Waals surface area contributed by atoms with Crippen molar-refractivity contribution in [1.82, 2.24) is 9.36 Å². The highest BCUT2D eigenvalue weighted by Gasteiger charge is 2.05. The van der Waals surface area contributed by atoms with Crippen LogP contribution in [0.5, 0.6) is 0 Å². The fourth-order valence-corrected chi connectivity index (χ4v) is 2.82. The van der Waals surface area contributed by atoms with Gasteiger partial charge >= 0.3 is 0 Å². The first kappa shape index (κ1) is 12.0. The summed E-state index contributed by atoms with van der Waals surface area (Å²) < 4.78 is 18.0. The van der Waals surface area contributed by atoms with Crippen molar-refractivity contribution in [3.05, 3.63) is 41.0 Å². The van der Waals surface area contributed by atoms with Gasteiger partial charge < -0.3 is 0 Å². The van der Waals surface area contributed by atoms with Crippen molar-refractivity contribution in [2.75, 3.05) is 0 Å². The molecule has 1 heterocycles. The van der Waals surface area contributed by atoms with Gasteiger partial charge in [0, 0.05) is 5.75 Å². The van der Waals surface area contributed by atoms with Crippen LogP contribution in [0.25, 0.3) is 0 Å². The topological polar surface area (TPSA) is 49.6 Å². The average Bonchev–Trinajstić information content (AvgIpc) is 2.74. The predicted octanol–water partition coefficient (Wildman–Crippen LogP) is 3.15. The molecule has 0 saturated carbocycles. The lowest BCUT2D eigenvalue weighted by Gasteiger charge is -2.00. The summed E-state index contributed by atoms with van der Waals surface area (Å²) in [6.45, 7) is 1.84. The lowest BCUT2D eigenvalue weighted by molar-refractivity contribution is 0.623. The van der Waals surface area contributed by atoms with Gasteiger partial charge in [0.15, 0.2) is 4.34 Å². The highest BCUT2D eigenvalue weighted by Crippen LogP contribution is 2.24. The molecule has 1 aromatic carbocycles. The number of thioether (sulfide) groups is 1. The summed E-state index contributed by atoms with van der Waals surface area (Å²) in [5.41, 5.74) is 0.984. The van der Waals surface area contributed by atoms with Crippen molar-refractivity contribution in [1.29, 1.82) is 5.26 Å². The number of aromatic nitrogens is 2. The number of nitriles is 1. The third-order valence-electron chi connectivity index (χ3n) is 2.02. The largest absolute Gasteiger partial charge is 0.213 e. The molecule has 0 bridgehead atoms. The van der Waals surface area contributed by atoms with Crippen LogP contribution in [-0.2, 0) is 5.75 Å². The highest BCUT2D eigenvalue weighted by atomic mass is 32.2. The summed E-state index contributed by atoms with van der Waals surface area (Å²) in [5, 5.41) is 8.71. The van der Waals surface area contributed by atoms with Crippen molar-refractivity contribution in [2.24, 2.45) is 0 Å². The Balaban J connectivity index is 2.07. The molecule has 1 aromatic heterocycles. The zero-order chi connectivity index (χ0) is 12.3. The second kappa shape index (κ2) is 5.25. The van der Waals surface area contributed by atoms with E-state index < -0.39 is 5.82 Å². The second-order valence-electron chi connectivity index (χ2n) is 3.32. The molecule has 2 aromatic rings. The molecule has 3 nitrogen and oxygen atoms in total. The smallest absolute Gasteiger partial charge is 0.170 e. The van der Waals surface area contributed by atoms with Gasteiger partial charge in [-0.1, -0.05) is 17.8 Å². The van der Waals surface area contributed by atoms with E-state index in [4.69, 9.17) is 5.26 Å². The first-order valence-electron chi connectivity index (χ1n) is 4.80. The molecule has 0 saturated heterocycles. The van der Waals surface area contributed by atoms with Gasteiger partial charge in [0.25, 0.3) is 0 Å². The molecule has 0 atom stereocenters. The highest BCUT2D eigenvalue weighted by molar-refractivity contribution is 8.00. The first-order valence-corrected chi connectivity index (χ1v) is 6.56. The van der Waals surface area contributed by atoms with Crippen LogP contribution in [0, 0.1) is 24.1 Å². The van der Waals surface area contributed by atoms with Gasteiger partial charge in [-0.3, -0.25) is 0 Å². The number of halogens is 1. The Hall–Kier alpha value is -1.45. The standard InChI is InChI=1S/C11H8FN3S2/c1-7-14-11(17-15-7)16-6-8-2-3-10(12)9(4-8)5-13/h2-4H,6H2,1H3. The summed E-state index contributed by atoms with van der Waals surface area (Å²) in [5.74, 6) is 0.936. The summed E-state index contributed by atoms with van der Waals surface area (Å²) in [4.78, 5) is 4.22. The number of benzene rings is 1. The zero-order valence-electron chi connectivity index (χ0n) is 8.98. The molecular weight excluding hydrogens is 257 g/mol. The molecule has 0 radical (unpaired) electrons. The van der Waals surface area contributed by atoms with E-state index in [1.54, 1.807) is 12.1 Å². The molecule has 0 aliphatic carbocycles. The Labute approximate surface area is 106 Å². The number of aryl methyl sites for hydroxylation is 1. The summed E-state index contributed by atoms with van der Waals surface area (Å²) in [7, 11) is 0. The normalized spacial score (nSPS) is 10.2.